The minimum absolute atomic E-state index is 0.346. The number of hydrogen-bond donors (Lipinski definition) is 1. The zero-order valence-corrected chi connectivity index (χ0v) is 10.8. The van der Waals surface area contributed by atoms with Crippen LogP contribution in [0.15, 0.2) is 0 Å². The Morgan fingerprint density at radius 2 is 2.06 bits per heavy atom. The summed E-state index contributed by atoms with van der Waals surface area (Å²) in [6.45, 7) is 8.06. The molecule has 1 N–H and O–H groups in total. The van der Waals surface area contributed by atoms with Crippen molar-refractivity contribution in [2.75, 3.05) is 6.61 Å². The van der Waals surface area contributed by atoms with E-state index in [4.69, 9.17) is 4.74 Å². The lowest BCUT2D eigenvalue weighted by molar-refractivity contribution is -0.115. The summed E-state index contributed by atoms with van der Waals surface area (Å²) in [6, 6.07) is 1.38. The van der Waals surface area contributed by atoms with Gasteiger partial charge in [-0.3, -0.25) is 0 Å². The van der Waals surface area contributed by atoms with E-state index in [0.717, 1.165) is 18.4 Å². The molecule has 2 aliphatic carbocycles. The van der Waals surface area contributed by atoms with Gasteiger partial charge in [-0.2, -0.15) is 0 Å². The summed E-state index contributed by atoms with van der Waals surface area (Å²) >= 11 is 0. The third-order valence-electron chi connectivity index (χ3n) is 4.95. The number of nitrogens with one attached hydrogen (secondary N) is 1. The summed E-state index contributed by atoms with van der Waals surface area (Å²) in [5.41, 5.74) is 0.346. The number of rotatable bonds is 4. The fourth-order valence-corrected chi connectivity index (χ4v) is 3.89. The molecule has 0 aromatic carbocycles. The van der Waals surface area contributed by atoms with Crippen molar-refractivity contribution in [2.24, 2.45) is 17.3 Å². The Kier molecular flexibility index (Phi) is 2.56. The molecule has 0 spiro atoms. The van der Waals surface area contributed by atoms with Crippen LogP contribution in [-0.2, 0) is 4.74 Å². The molecule has 3 fully saturated rings. The van der Waals surface area contributed by atoms with Gasteiger partial charge in [-0.15, -0.1) is 0 Å². The standard InChI is InChI=1S/C14H25NO/c1-9(8-10-4-5-10)15-12-11-6-7-16-13(11)14(12,2)3/h9-13,15H,4-8H2,1-3H3. The zero-order valence-electron chi connectivity index (χ0n) is 10.8. The van der Waals surface area contributed by atoms with Crippen LogP contribution in [0.1, 0.15) is 46.5 Å². The van der Waals surface area contributed by atoms with Gasteiger partial charge in [0.1, 0.15) is 0 Å². The molecule has 0 bridgehead atoms. The first-order valence-electron chi connectivity index (χ1n) is 6.96. The van der Waals surface area contributed by atoms with Crippen LogP contribution < -0.4 is 5.32 Å². The molecule has 0 aromatic rings. The molecule has 0 radical (unpaired) electrons. The average Bonchev–Trinajstić information content (AvgIpc) is 2.91. The second kappa shape index (κ2) is 3.71. The summed E-state index contributed by atoms with van der Waals surface area (Å²) in [5.74, 6) is 1.82. The minimum atomic E-state index is 0.346. The molecule has 4 unspecified atom stereocenters. The lowest BCUT2D eigenvalue weighted by atomic mass is 9.57. The highest BCUT2D eigenvalue weighted by Gasteiger charge is 2.59. The Bertz CT molecular complexity index is 272. The van der Waals surface area contributed by atoms with Crippen molar-refractivity contribution in [3.8, 4) is 0 Å². The van der Waals surface area contributed by atoms with Crippen molar-refractivity contribution in [2.45, 2.75) is 64.6 Å². The molecule has 4 atom stereocenters. The lowest BCUT2D eigenvalue weighted by Crippen LogP contribution is -2.67. The van der Waals surface area contributed by atoms with Crippen molar-refractivity contribution in [1.29, 1.82) is 0 Å². The van der Waals surface area contributed by atoms with Gasteiger partial charge in [0.05, 0.1) is 6.10 Å². The Hall–Kier alpha value is -0.0800. The van der Waals surface area contributed by atoms with E-state index in [1.54, 1.807) is 0 Å². The summed E-state index contributed by atoms with van der Waals surface area (Å²) in [5, 5.41) is 3.87. The molecule has 92 valence electrons. The van der Waals surface area contributed by atoms with Crippen molar-refractivity contribution in [3.63, 3.8) is 0 Å². The van der Waals surface area contributed by atoms with Crippen LogP contribution in [0.2, 0.25) is 0 Å². The van der Waals surface area contributed by atoms with Crippen LogP contribution >= 0.6 is 0 Å². The highest BCUT2D eigenvalue weighted by molar-refractivity contribution is 5.11. The van der Waals surface area contributed by atoms with E-state index in [0.29, 0.717) is 23.6 Å². The van der Waals surface area contributed by atoms with Crippen molar-refractivity contribution >= 4 is 0 Å². The maximum Gasteiger partial charge on any atom is 0.0685 e. The van der Waals surface area contributed by atoms with Gasteiger partial charge in [0.2, 0.25) is 0 Å². The van der Waals surface area contributed by atoms with Gasteiger partial charge in [-0.1, -0.05) is 26.7 Å². The molecule has 3 rings (SSSR count). The van der Waals surface area contributed by atoms with Gasteiger partial charge < -0.3 is 10.1 Å². The van der Waals surface area contributed by atoms with E-state index >= 15 is 0 Å². The van der Waals surface area contributed by atoms with Crippen LogP contribution in [-0.4, -0.2) is 24.8 Å². The van der Waals surface area contributed by atoms with Crippen LogP contribution in [0.25, 0.3) is 0 Å². The smallest absolute Gasteiger partial charge is 0.0685 e. The maximum absolute atomic E-state index is 5.83. The van der Waals surface area contributed by atoms with Crippen molar-refractivity contribution < 1.29 is 4.74 Å². The van der Waals surface area contributed by atoms with Crippen molar-refractivity contribution in [3.05, 3.63) is 0 Å². The van der Waals surface area contributed by atoms with Crippen LogP contribution in [0.5, 0.6) is 0 Å². The Balaban J connectivity index is 1.57. The summed E-state index contributed by atoms with van der Waals surface area (Å²) < 4.78 is 5.83. The summed E-state index contributed by atoms with van der Waals surface area (Å²) in [7, 11) is 0. The van der Waals surface area contributed by atoms with E-state index < -0.39 is 0 Å². The van der Waals surface area contributed by atoms with Gasteiger partial charge in [0.15, 0.2) is 0 Å². The minimum Gasteiger partial charge on any atom is -0.377 e. The second-order valence-electron chi connectivity index (χ2n) is 6.79. The first-order valence-corrected chi connectivity index (χ1v) is 6.96. The van der Waals surface area contributed by atoms with Crippen molar-refractivity contribution in [1.82, 2.24) is 5.32 Å². The topological polar surface area (TPSA) is 21.3 Å². The van der Waals surface area contributed by atoms with Gasteiger partial charge in [0, 0.05) is 30.0 Å². The fraction of sp³-hybridized carbons (Fsp3) is 1.00. The molecule has 3 aliphatic rings. The summed E-state index contributed by atoms with van der Waals surface area (Å²) in [4.78, 5) is 0. The molecule has 1 heterocycles. The highest BCUT2D eigenvalue weighted by atomic mass is 16.5. The molecule has 0 amide bonds. The molecular weight excluding hydrogens is 198 g/mol. The second-order valence-corrected chi connectivity index (χ2v) is 6.79. The molecular formula is C14H25NO. The number of hydrogen-bond acceptors (Lipinski definition) is 2. The molecule has 0 aromatic heterocycles. The molecule has 2 heteroatoms. The van der Waals surface area contributed by atoms with Gasteiger partial charge in [0.25, 0.3) is 0 Å². The maximum atomic E-state index is 5.83. The first-order chi connectivity index (χ1) is 7.59. The van der Waals surface area contributed by atoms with Crippen LogP contribution in [0, 0.1) is 17.3 Å². The highest BCUT2D eigenvalue weighted by Crippen LogP contribution is 2.52. The Labute approximate surface area is 99.1 Å². The largest absolute Gasteiger partial charge is 0.377 e. The van der Waals surface area contributed by atoms with Crippen LogP contribution in [0.4, 0.5) is 0 Å². The van der Waals surface area contributed by atoms with Gasteiger partial charge in [-0.25, -0.2) is 0 Å². The lowest BCUT2D eigenvalue weighted by Gasteiger charge is -2.55. The molecule has 2 nitrogen and oxygen atoms in total. The predicted molar refractivity (Wildman–Crippen MR) is 65.4 cm³/mol. The van der Waals surface area contributed by atoms with E-state index in [-0.39, 0.29) is 0 Å². The first kappa shape index (κ1) is 11.0. The molecule has 1 saturated heterocycles. The normalized spacial score (nSPS) is 42.6. The van der Waals surface area contributed by atoms with Gasteiger partial charge in [-0.05, 0) is 25.7 Å². The summed E-state index contributed by atoms with van der Waals surface area (Å²) in [6.07, 6.45) is 6.11. The molecule has 1 aliphatic heterocycles. The number of ether oxygens (including phenoxy) is 1. The van der Waals surface area contributed by atoms with Crippen LogP contribution in [0.3, 0.4) is 0 Å². The Morgan fingerprint density at radius 3 is 2.75 bits per heavy atom. The SMILES string of the molecule is CC(CC1CC1)NC1C2CCOC2C1(C)C. The zero-order chi connectivity index (χ0) is 11.3. The third kappa shape index (κ3) is 1.70. The van der Waals surface area contributed by atoms with E-state index in [9.17, 15) is 0 Å². The Morgan fingerprint density at radius 1 is 1.31 bits per heavy atom. The average molecular weight is 223 g/mol. The third-order valence-corrected chi connectivity index (χ3v) is 4.95. The van der Waals surface area contributed by atoms with Gasteiger partial charge >= 0.3 is 0 Å². The number of fused-ring (bicyclic) bond motifs is 1. The molecule has 16 heavy (non-hydrogen) atoms. The fourth-order valence-electron chi connectivity index (χ4n) is 3.89. The van der Waals surface area contributed by atoms with E-state index in [1.165, 1.54) is 25.7 Å². The molecule has 2 saturated carbocycles. The predicted octanol–water partition coefficient (Wildman–Crippen LogP) is 2.58. The van der Waals surface area contributed by atoms with E-state index in [2.05, 4.69) is 26.1 Å². The van der Waals surface area contributed by atoms with E-state index in [1.807, 2.05) is 0 Å². The monoisotopic (exact) mass is 223 g/mol. The quantitative estimate of drug-likeness (QED) is 0.791.